The Hall–Kier alpha value is -2.35. The number of nitrogen functional groups attached to an aromatic ring is 1. The van der Waals surface area contributed by atoms with Gasteiger partial charge in [0.25, 0.3) is 0 Å². The van der Waals surface area contributed by atoms with E-state index in [0.717, 1.165) is 22.5 Å². The molecule has 18 heavy (non-hydrogen) atoms. The molecule has 0 saturated carbocycles. The summed E-state index contributed by atoms with van der Waals surface area (Å²) < 4.78 is 0. The van der Waals surface area contributed by atoms with Crippen LogP contribution in [-0.4, -0.2) is 4.98 Å². The molecule has 0 amide bonds. The van der Waals surface area contributed by atoms with Crippen molar-refractivity contribution in [3.8, 4) is 11.3 Å². The van der Waals surface area contributed by atoms with E-state index < -0.39 is 0 Å². The first kappa shape index (κ1) is 10.8. The summed E-state index contributed by atoms with van der Waals surface area (Å²) in [5.41, 5.74) is 10.8. The zero-order chi connectivity index (χ0) is 12.5. The average Bonchev–Trinajstić information content (AvgIpc) is 2.38. The van der Waals surface area contributed by atoms with Gasteiger partial charge in [-0.25, -0.2) is 4.98 Å². The molecular formula is C16H14N2. The number of hydrogen-bond donors (Lipinski definition) is 1. The van der Waals surface area contributed by atoms with Gasteiger partial charge in [0.05, 0.1) is 11.2 Å². The topological polar surface area (TPSA) is 38.9 Å². The minimum Gasteiger partial charge on any atom is -0.399 e. The van der Waals surface area contributed by atoms with Crippen LogP contribution in [0.5, 0.6) is 0 Å². The van der Waals surface area contributed by atoms with Crippen LogP contribution in [0.15, 0.2) is 54.6 Å². The van der Waals surface area contributed by atoms with Gasteiger partial charge in [-0.3, -0.25) is 0 Å². The molecule has 1 heterocycles. The van der Waals surface area contributed by atoms with Gasteiger partial charge in [-0.15, -0.1) is 0 Å². The van der Waals surface area contributed by atoms with Gasteiger partial charge in [0.15, 0.2) is 0 Å². The minimum atomic E-state index is 0.774. The molecule has 2 heteroatoms. The van der Waals surface area contributed by atoms with Crippen LogP contribution in [0.3, 0.4) is 0 Å². The Labute approximate surface area is 106 Å². The molecule has 3 aromatic rings. The van der Waals surface area contributed by atoms with Crippen molar-refractivity contribution in [2.45, 2.75) is 6.92 Å². The molecule has 0 saturated heterocycles. The zero-order valence-electron chi connectivity index (χ0n) is 10.2. The largest absolute Gasteiger partial charge is 0.399 e. The van der Waals surface area contributed by atoms with E-state index in [0.29, 0.717) is 0 Å². The molecule has 2 aromatic carbocycles. The van der Waals surface area contributed by atoms with Crippen molar-refractivity contribution < 1.29 is 0 Å². The highest BCUT2D eigenvalue weighted by Gasteiger charge is 2.01. The van der Waals surface area contributed by atoms with Gasteiger partial charge in [0, 0.05) is 16.6 Å². The van der Waals surface area contributed by atoms with E-state index in [1.165, 1.54) is 10.9 Å². The van der Waals surface area contributed by atoms with Gasteiger partial charge in [-0.1, -0.05) is 30.3 Å². The number of nitrogens with two attached hydrogens (primary N) is 1. The molecule has 0 aliphatic carbocycles. The van der Waals surface area contributed by atoms with Crippen molar-refractivity contribution in [3.05, 3.63) is 60.2 Å². The standard InChI is InChI=1S/C16H14N2/c1-11-2-3-13-6-9-15(18-16(13)10-11)12-4-7-14(17)8-5-12/h2-10H,17H2,1H3. The SMILES string of the molecule is Cc1ccc2ccc(-c3ccc(N)cc3)nc2c1. The molecule has 0 spiro atoms. The van der Waals surface area contributed by atoms with Gasteiger partial charge in [0.2, 0.25) is 0 Å². The molecule has 0 atom stereocenters. The Bertz CT molecular complexity index is 700. The summed E-state index contributed by atoms with van der Waals surface area (Å²) in [6.45, 7) is 2.08. The first-order valence-corrected chi connectivity index (χ1v) is 5.96. The number of nitrogens with zero attached hydrogens (tertiary/aromatic N) is 1. The average molecular weight is 234 g/mol. The lowest BCUT2D eigenvalue weighted by atomic mass is 10.1. The summed E-state index contributed by atoms with van der Waals surface area (Å²) in [6.07, 6.45) is 0. The summed E-state index contributed by atoms with van der Waals surface area (Å²) >= 11 is 0. The molecule has 0 radical (unpaired) electrons. The Morgan fingerprint density at radius 2 is 1.61 bits per heavy atom. The second-order valence-electron chi connectivity index (χ2n) is 4.51. The number of benzene rings is 2. The highest BCUT2D eigenvalue weighted by molar-refractivity contribution is 5.82. The van der Waals surface area contributed by atoms with Crippen LogP contribution in [0.25, 0.3) is 22.2 Å². The Morgan fingerprint density at radius 1 is 0.889 bits per heavy atom. The highest BCUT2D eigenvalue weighted by Crippen LogP contribution is 2.22. The van der Waals surface area contributed by atoms with Gasteiger partial charge < -0.3 is 5.73 Å². The van der Waals surface area contributed by atoms with Crippen LogP contribution in [0, 0.1) is 6.92 Å². The molecule has 0 bridgehead atoms. The van der Waals surface area contributed by atoms with E-state index in [-0.39, 0.29) is 0 Å². The van der Waals surface area contributed by atoms with Gasteiger partial charge in [0.1, 0.15) is 0 Å². The fourth-order valence-corrected chi connectivity index (χ4v) is 2.04. The smallest absolute Gasteiger partial charge is 0.0712 e. The summed E-state index contributed by atoms with van der Waals surface area (Å²) in [7, 11) is 0. The van der Waals surface area contributed by atoms with Crippen molar-refractivity contribution in [1.82, 2.24) is 4.98 Å². The Balaban J connectivity index is 2.15. The summed E-state index contributed by atoms with van der Waals surface area (Å²) in [6, 6.07) is 18.3. The number of pyridine rings is 1. The third kappa shape index (κ3) is 1.93. The predicted octanol–water partition coefficient (Wildman–Crippen LogP) is 3.79. The van der Waals surface area contributed by atoms with Crippen LogP contribution in [0.1, 0.15) is 5.56 Å². The van der Waals surface area contributed by atoms with E-state index in [9.17, 15) is 0 Å². The van der Waals surface area contributed by atoms with Crippen molar-refractivity contribution >= 4 is 16.6 Å². The molecular weight excluding hydrogens is 220 g/mol. The molecule has 88 valence electrons. The molecule has 1 aromatic heterocycles. The first-order valence-electron chi connectivity index (χ1n) is 5.96. The summed E-state index contributed by atoms with van der Waals surface area (Å²) in [4.78, 5) is 4.70. The maximum Gasteiger partial charge on any atom is 0.0712 e. The second-order valence-corrected chi connectivity index (χ2v) is 4.51. The second kappa shape index (κ2) is 4.15. The molecule has 3 rings (SSSR count). The lowest BCUT2D eigenvalue weighted by molar-refractivity contribution is 1.38. The number of rotatable bonds is 1. The van der Waals surface area contributed by atoms with Crippen molar-refractivity contribution in [3.63, 3.8) is 0 Å². The van der Waals surface area contributed by atoms with Gasteiger partial charge >= 0.3 is 0 Å². The van der Waals surface area contributed by atoms with Gasteiger partial charge in [-0.2, -0.15) is 0 Å². The van der Waals surface area contributed by atoms with E-state index in [4.69, 9.17) is 10.7 Å². The molecule has 0 unspecified atom stereocenters. The van der Waals surface area contributed by atoms with Crippen LogP contribution in [0.4, 0.5) is 5.69 Å². The lowest BCUT2D eigenvalue weighted by Crippen LogP contribution is -1.87. The van der Waals surface area contributed by atoms with Crippen LogP contribution >= 0.6 is 0 Å². The quantitative estimate of drug-likeness (QED) is 0.650. The molecule has 0 aliphatic heterocycles. The number of hydrogen-bond acceptors (Lipinski definition) is 2. The van der Waals surface area contributed by atoms with E-state index in [2.05, 4.69) is 31.2 Å². The van der Waals surface area contributed by atoms with E-state index >= 15 is 0 Å². The Morgan fingerprint density at radius 3 is 2.39 bits per heavy atom. The van der Waals surface area contributed by atoms with Crippen molar-refractivity contribution in [2.24, 2.45) is 0 Å². The molecule has 2 nitrogen and oxygen atoms in total. The summed E-state index contributed by atoms with van der Waals surface area (Å²) in [5.74, 6) is 0. The van der Waals surface area contributed by atoms with Crippen LogP contribution in [-0.2, 0) is 0 Å². The van der Waals surface area contributed by atoms with E-state index in [1.54, 1.807) is 0 Å². The van der Waals surface area contributed by atoms with Crippen molar-refractivity contribution in [1.29, 1.82) is 0 Å². The van der Waals surface area contributed by atoms with Crippen LogP contribution < -0.4 is 5.73 Å². The number of aryl methyl sites for hydroxylation is 1. The predicted molar refractivity (Wildman–Crippen MR) is 76.3 cm³/mol. The molecule has 0 aliphatic rings. The normalized spacial score (nSPS) is 10.7. The number of fused-ring (bicyclic) bond motifs is 1. The molecule has 0 fully saturated rings. The fraction of sp³-hybridized carbons (Fsp3) is 0.0625. The first-order chi connectivity index (χ1) is 8.72. The lowest BCUT2D eigenvalue weighted by Gasteiger charge is -2.04. The maximum absolute atomic E-state index is 5.69. The minimum absolute atomic E-state index is 0.774. The maximum atomic E-state index is 5.69. The summed E-state index contributed by atoms with van der Waals surface area (Å²) in [5, 5.41) is 1.17. The zero-order valence-corrected chi connectivity index (χ0v) is 10.2. The fourth-order valence-electron chi connectivity index (χ4n) is 2.04. The van der Waals surface area contributed by atoms with E-state index in [1.807, 2.05) is 30.3 Å². The van der Waals surface area contributed by atoms with Crippen LogP contribution in [0.2, 0.25) is 0 Å². The molecule has 2 N–H and O–H groups in total. The monoisotopic (exact) mass is 234 g/mol. The highest BCUT2D eigenvalue weighted by atomic mass is 14.7. The van der Waals surface area contributed by atoms with Crippen molar-refractivity contribution in [2.75, 3.05) is 5.73 Å². The Kier molecular flexibility index (Phi) is 2.49. The third-order valence-corrected chi connectivity index (χ3v) is 3.05. The number of aromatic nitrogens is 1. The van der Waals surface area contributed by atoms with Gasteiger partial charge in [-0.05, 0) is 36.8 Å². The third-order valence-electron chi connectivity index (χ3n) is 3.05. The number of anilines is 1.